The van der Waals surface area contributed by atoms with Crippen LogP contribution in [0.25, 0.3) is 11.1 Å². The Morgan fingerprint density at radius 3 is 2.52 bits per heavy atom. The van der Waals surface area contributed by atoms with Crippen LogP contribution >= 0.6 is 0 Å². The van der Waals surface area contributed by atoms with Gasteiger partial charge in [0.05, 0.1) is 0 Å². The zero-order chi connectivity index (χ0) is 14.7. The highest BCUT2D eigenvalue weighted by Crippen LogP contribution is 2.25. The summed E-state index contributed by atoms with van der Waals surface area (Å²) in [5.74, 6) is 0.732. The predicted octanol–water partition coefficient (Wildman–Crippen LogP) is 3.72. The lowest BCUT2D eigenvalue weighted by atomic mass is 10.1. The van der Waals surface area contributed by atoms with Crippen LogP contribution in [0.4, 0.5) is 0 Å². The lowest BCUT2D eigenvalue weighted by Crippen LogP contribution is -2.14. The molecule has 0 radical (unpaired) electrons. The van der Waals surface area contributed by atoms with E-state index < -0.39 is 0 Å². The molecular weight excluding hydrogens is 264 g/mol. The number of benzene rings is 2. The van der Waals surface area contributed by atoms with E-state index in [4.69, 9.17) is 9.15 Å². The van der Waals surface area contributed by atoms with Crippen molar-refractivity contribution in [2.45, 2.75) is 6.42 Å². The molecule has 4 nitrogen and oxygen atoms in total. The first-order valence-electron chi connectivity index (χ1n) is 6.98. The molecule has 21 heavy (non-hydrogen) atoms. The Hall–Kier alpha value is -2.33. The van der Waals surface area contributed by atoms with E-state index in [9.17, 15) is 0 Å². The average molecular weight is 282 g/mol. The molecule has 2 aromatic carbocycles. The summed E-state index contributed by atoms with van der Waals surface area (Å²) in [6.07, 6.45) is 1.30. The van der Waals surface area contributed by atoms with Crippen molar-refractivity contribution in [2.24, 2.45) is 0 Å². The second kappa shape index (κ2) is 5.97. The summed E-state index contributed by atoms with van der Waals surface area (Å²) in [6, 6.07) is 15.6. The normalized spacial score (nSPS) is 11.2. The smallest absolute Gasteiger partial charge is 0.400 e. The highest BCUT2D eigenvalue weighted by atomic mass is 16.6. The van der Waals surface area contributed by atoms with Gasteiger partial charge in [0.15, 0.2) is 5.58 Å². The van der Waals surface area contributed by atoms with Crippen LogP contribution < -0.4 is 4.74 Å². The standard InChI is InChI=1S/C17H18N2O2/c1-19(2)12-11-13-7-9-14(10-8-13)20-17-18-15-5-3-4-6-16(15)21-17/h3-10H,11-12H2,1-2H3. The summed E-state index contributed by atoms with van der Waals surface area (Å²) >= 11 is 0. The molecule has 0 aliphatic heterocycles. The molecule has 0 aliphatic carbocycles. The number of hydrogen-bond donors (Lipinski definition) is 0. The number of fused-ring (bicyclic) bond motifs is 1. The highest BCUT2D eigenvalue weighted by molar-refractivity contribution is 5.72. The van der Waals surface area contributed by atoms with E-state index in [1.54, 1.807) is 0 Å². The summed E-state index contributed by atoms with van der Waals surface area (Å²) < 4.78 is 11.2. The van der Waals surface area contributed by atoms with Crippen molar-refractivity contribution in [1.82, 2.24) is 9.88 Å². The van der Waals surface area contributed by atoms with Crippen LogP contribution in [0.15, 0.2) is 52.9 Å². The molecular formula is C17H18N2O2. The van der Waals surface area contributed by atoms with E-state index in [1.807, 2.05) is 36.4 Å². The predicted molar refractivity (Wildman–Crippen MR) is 82.8 cm³/mol. The first-order chi connectivity index (χ1) is 10.2. The Bertz CT molecular complexity index is 684. The molecule has 0 atom stereocenters. The number of ether oxygens (including phenoxy) is 1. The monoisotopic (exact) mass is 282 g/mol. The number of para-hydroxylation sites is 2. The zero-order valence-electron chi connectivity index (χ0n) is 12.2. The van der Waals surface area contributed by atoms with Gasteiger partial charge in [-0.05, 0) is 50.3 Å². The molecule has 1 aromatic heterocycles. The molecule has 4 heteroatoms. The Labute approximate surface area is 124 Å². The number of hydrogen-bond acceptors (Lipinski definition) is 4. The van der Waals surface area contributed by atoms with Gasteiger partial charge in [0, 0.05) is 6.54 Å². The van der Waals surface area contributed by atoms with E-state index in [1.165, 1.54) is 5.56 Å². The Morgan fingerprint density at radius 2 is 1.81 bits per heavy atom. The summed E-state index contributed by atoms with van der Waals surface area (Å²) in [7, 11) is 4.15. The molecule has 0 amide bonds. The van der Waals surface area contributed by atoms with Crippen LogP contribution in [0.1, 0.15) is 5.56 Å². The van der Waals surface area contributed by atoms with E-state index in [2.05, 4.69) is 36.1 Å². The molecule has 3 rings (SSSR count). The third-order valence-electron chi connectivity index (χ3n) is 3.25. The highest BCUT2D eigenvalue weighted by Gasteiger charge is 2.07. The molecule has 1 heterocycles. The lowest BCUT2D eigenvalue weighted by Gasteiger charge is -2.09. The second-order valence-electron chi connectivity index (χ2n) is 5.25. The quantitative estimate of drug-likeness (QED) is 0.715. The molecule has 0 N–H and O–H groups in total. The fraction of sp³-hybridized carbons (Fsp3) is 0.235. The van der Waals surface area contributed by atoms with Crippen LogP contribution in [0.3, 0.4) is 0 Å². The minimum absolute atomic E-state index is 0.275. The fourth-order valence-electron chi connectivity index (χ4n) is 2.07. The van der Waals surface area contributed by atoms with Gasteiger partial charge in [0.2, 0.25) is 0 Å². The number of rotatable bonds is 5. The largest absolute Gasteiger partial charge is 0.411 e. The van der Waals surface area contributed by atoms with Gasteiger partial charge in [-0.1, -0.05) is 24.3 Å². The van der Waals surface area contributed by atoms with Crippen molar-refractivity contribution in [3.63, 3.8) is 0 Å². The Morgan fingerprint density at radius 1 is 1.05 bits per heavy atom. The van der Waals surface area contributed by atoms with Gasteiger partial charge < -0.3 is 14.1 Å². The molecule has 0 saturated heterocycles. The number of likely N-dealkylation sites (N-methyl/N-ethyl adjacent to an activating group) is 1. The van der Waals surface area contributed by atoms with E-state index in [0.717, 1.165) is 29.8 Å². The summed E-state index contributed by atoms with van der Waals surface area (Å²) in [5.41, 5.74) is 2.82. The van der Waals surface area contributed by atoms with Crippen LogP contribution in [0.5, 0.6) is 11.8 Å². The maximum atomic E-state index is 5.66. The van der Waals surface area contributed by atoms with E-state index in [-0.39, 0.29) is 6.08 Å². The SMILES string of the molecule is CN(C)CCc1ccc(Oc2nc3ccccc3o2)cc1. The second-order valence-corrected chi connectivity index (χ2v) is 5.25. The van der Waals surface area contributed by atoms with Crippen molar-refractivity contribution >= 4 is 11.1 Å². The van der Waals surface area contributed by atoms with Gasteiger partial charge in [-0.15, -0.1) is 0 Å². The maximum absolute atomic E-state index is 5.66. The topological polar surface area (TPSA) is 38.5 Å². The van der Waals surface area contributed by atoms with Gasteiger partial charge in [-0.25, -0.2) is 0 Å². The Kier molecular flexibility index (Phi) is 3.88. The van der Waals surface area contributed by atoms with Crippen molar-refractivity contribution in [1.29, 1.82) is 0 Å². The third kappa shape index (κ3) is 3.41. The van der Waals surface area contributed by atoms with Gasteiger partial charge >= 0.3 is 6.08 Å². The maximum Gasteiger partial charge on any atom is 0.400 e. The van der Waals surface area contributed by atoms with Crippen LogP contribution in [-0.2, 0) is 6.42 Å². The molecule has 0 saturated carbocycles. The third-order valence-corrected chi connectivity index (χ3v) is 3.25. The first kappa shape index (κ1) is 13.6. The molecule has 0 bridgehead atoms. The number of aromatic nitrogens is 1. The van der Waals surface area contributed by atoms with Gasteiger partial charge in [0.25, 0.3) is 0 Å². The van der Waals surface area contributed by atoms with Crippen molar-refractivity contribution in [3.8, 4) is 11.8 Å². The molecule has 0 spiro atoms. The Balaban J connectivity index is 1.69. The molecule has 3 aromatic rings. The van der Waals surface area contributed by atoms with Crippen molar-refractivity contribution in [2.75, 3.05) is 20.6 Å². The molecule has 0 aliphatic rings. The van der Waals surface area contributed by atoms with Gasteiger partial charge in [-0.3, -0.25) is 0 Å². The van der Waals surface area contributed by atoms with Crippen LogP contribution in [0, 0.1) is 0 Å². The molecule has 0 fully saturated rings. The molecule has 108 valence electrons. The van der Waals surface area contributed by atoms with E-state index >= 15 is 0 Å². The molecule has 0 unspecified atom stereocenters. The van der Waals surface area contributed by atoms with Crippen molar-refractivity contribution in [3.05, 3.63) is 54.1 Å². The van der Waals surface area contributed by atoms with Crippen molar-refractivity contribution < 1.29 is 9.15 Å². The lowest BCUT2D eigenvalue weighted by molar-refractivity contribution is 0.343. The summed E-state index contributed by atoms with van der Waals surface area (Å²) in [4.78, 5) is 6.46. The fourth-order valence-corrected chi connectivity index (χ4v) is 2.07. The zero-order valence-corrected chi connectivity index (χ0v) is 12.2. The minimum Gasteiger partial charge on any atom is -0.411 e. The minimum atomic E-state index is 0.275. The summed E-state index contributed by atoms with van der Waals surface area (Å²) in [5, 5.41) is 0. The van der Waals surface area contributed by atoms with Gasteiger partial charge in [-0.2, -0.15) is 4.98 Å². The first-order valence-corrected chi connectivity index (χ1v) is 6.98. The number of nitrogens with zero attached hydrogens (tertiary/aromatic N) is 2. The van der Waals surface area contributed by atoms with E-state index in [0.29, 0.717) is 0 Å². The van der Waals surface area contributed by atoms with Crippen LogP contribution in [-0.4, -0.2) is 30.5 Å². The average Bonchev–Trinajstić information content (AvgIpc) is 2.88. The van der Waals surface area contributed by atoms with Crippen LogP contribution in [0.2, 0.25) is 0 Å². The van der Waals surface area contributed by atoms with Gasteiger partial charge in [0.1, 0.15) is 11.3 Å². The number of oxazole rings is 1. The summed E-state index contributed by atoms with van der Waals surface area (Å²) in [6.45, 7) is 1.03.